The van der Waals surface area contributed by atoms with Gasteiger partial charge in [0, 0.05) is 6.07 Å². The molecule has 86 valence electrons. The Kier molecular flexibility index (Phi) is 8.85. The van der Waals surface area contributed by atoms with Crippen LogP contribution in [0.1, 0.15) is 1.43 Å². The molecule has 16 heavy (non-hydrogen) atoms. The third-order valence-electron chi connectivity index (χ3n) is 1.54. The van der Waals surface area contributed by atoms with Gasteiger partial charge in [0.1, 0.15) is 0 Å². The van der Waals surface area contributed by atoms with Gasteiger partial charge < -0.3 is 15.5 Å². The third kappa shape index (κ3) is 4.79. The first kappa shape index (κ1) is 16.5. The molecule has 1 atom stereocenters. The van der Waals surface area contributed by atoms with Crippen LogP contribution in [0.4, 0.5) is 0 Å². The van der Waals surface area contributed by atoms with Crippen molar-refractivity contribution in [2.24, 2.45) is 0 Å². The first-order valence-electron chi connectivity index (χ1n) is 3.81. The number of ether oxygens (including phenoxy) is 2. The molecule has 0 saturated heterocycles. The monoisotopic (exact) mass is 294 g/mol. The molecule has 1 aromatic rings. The smallest absolute Gasteiger partial charge is 1.00 e. The second-order valence-corrected chi connectivity index (χ2v) is 3.77. The van der Waals surface area contributed by atoms with Gasteiger partial charge >= 0.3 is 29.6 Å². The zero-order valence-corrected chi connectivity index (χ0v) is 12.8. The SMILES string of the molecule is O=S(O)c1ccc(OCCl)c(OCCl)c1.[H-].[Na+]. The molecule has 0 heterocycles. The zero-order chi connectivity index (χ0) is 11.3. The summed E-state index contributed by atoms with van der Waals surface area (Å²) in [5.41, 5.74) is 0. The fourth-order valence-corrected chi connectivity index (χ4v) is 1.57. The van der Waals surface area contributed by atoms with Gasteiger partial charge in [0.2, 0.25) is 0 Å². The van der Waals surface area contributed by atoms with E-state index < -0.39 is 11.1 Å². The predicted molar refractivity (Wildman–Crippen MR) is 59.3 cm³/mol. The molecular formula is C8H9Cl2NaO4S. The van der Waals surface area contributed by atoms with E-state index in [0.717, 1.165) is 0 Å². The van der Waals surface area contributed by atoms with Crippen LogP contribution < -0.4 is 39.0 Å². The number of benzene rings is 1. The van der Waals surface area contributed by atoms with Gasteiger partial charge in [-0.25, -0.2) is 4.21 Å². The van der Waals surface area contributed by atoms with Gasteiger partial charge in [0.15, 0.2) is 34.7 Å². The molecule has 0 amide bonds. The number of alkyl halides is 2. The summed E-state index contributed by atoms with van der Waals surface area (Å²) in [7, 11) is 0. The van der Waals surface area contributed by atoms with Gasteiger partial charge in [0.25, 0.3) is 0 Å². The first-order chi connectivity index (χ1) is 7.19. The Hall–Kier alpha value is 0.510. The quantitative estimate of drug-likeness (QED) is 0.453. The minimum absolute atomic E-state index is 0. The maximum atomic E-state index is 10.8. The number of hydrogen-bond acceptors (Lipinski definition) is 3. The van der Waals surface area contributed by atoms with Crippen LogP contribution in [0.5, 0.6) is 11.5 Å². The summed E-state index contributed by atoms with van der Waals surface area (Å²) in [6.45, 7) is 0. The van der Waals surface area contributed by atoms with E-state index in [4.69, 9.17) is 37.2 Å². The molecule has 4 nitrogen and oxygen atoms in total. The second kappa shape index (κ2) is 8.58. The molecule has 0 radical (unpaired) electrons. The maximum absolute atomic E-state index is 10.8. The Bertz CT molecular complexity index is 369. The molecule has 1 N–H and O–H groups in total. The van der Waals surface area contributed by atoms with Gasteiger partial charge in [-0.3, -0.25) is 0 Å². The summed E-state index contributed by atoms with van der Waals surface area (Å²) < 4.78 is 29.7. The topological polar surface area (TPSA) is 55.8 Å². The first-order valence-corrected chi connectivity index (χ1v) is 5.99. The molecule has 0 aliphatic rings. The van der Waals surface area contributed by atoms with E-state index in [2.05, 4.69) is 0 Å². The summed E-state index contributed by atoms with van der Waals surface area (Å²) in [5.74, 6) is 0.658. The molecule has 0 bridgehead atoms. The molecular weight excluding hydrogens is 286 g/mol. The molecule has 0 fully saturated rings. The van der Waals surface area contributed by atoms with E-state index in [1.54, 1.807) is 0 Å². The van der Waals surface area contributed by atoms with Crippen molar-refractivity contribution in [1.82, 2.24) is 0 Å². The fourth-order valence-electron chi connectivity index (χ4n) is 0.947. The fraction of sp³-hybridized carbons (Fsp3) is 0.250. The summed E-state index contributed by atoms with van der Waals surface area (Å²) in [6, 6.07) is 4.19. The summed E-state index contributed by atoms with van der Waals surface area (Å²) in [6.07, 6.45) is 0. The van der Waals surface area contributed by atoms with Crippen molar-refractivity contribution in [2.75, 3.05) is 12.1 Å². The van der Waals surface area contributed by atoms with E-state index in [9.17, 15) is 4.21 Å². The average Bonchev–Trinajstić information content (AvgIpc) is 2.21. The molecule has 1 unspecified atom stereocenters. The molecule has 0 saturated carbocycles. The standard InChI is InChI=1S/C8H8Cl2O4S.Na.H/c9-4-13-7-2-1-6(15(11)12)3-8(7)14-5-10;;/h1-3H,4-5H2,(H,11,12);;/q;+1;-1. The van der Waals surface area contributed by atoms with Crippen LogP contribution >= 0.6 is 23.2 Å². The molecule has 1 rings (SSSR count). The Morgan fingerprint density at radius 1 is 1.25 bits per heavy atom. The van der Waals surface area contributed by atoms with Crippen LogP contribution in [0.2, 0.25) is 0 Å². The zero-order valence-electron chi connectivity index (χ0n) is 9.48. The molecule has 1 aromatic carbocycles. The summed E-state index contributed by atoms with van der Waals surface area (Å²) >= 11 is 8.71. The van der Waals surface area contributed by atoms with Gasteiger partial charge in [0.05, 0.1) is 4.90 Å². The number of rotatable bonds is 5. The molecule has 0 aromatic heterocycles. The van der Waals surface area contributed by atoms with E-state index in [0.29, 0.717) is 5.75 Å². The van der Waals surface area contributed by atoms with Gasteiger partial charge in [-0.2, -0.15) is 0 Å². The van der Waals surface area contributed by atoms with Crippen LogP contribution in [0.3, 0.4) is 0 Å². The van der Waals surface area contributed by atoms with Crippen molar-refractivity contribution >= 4 is 34.3 Å². The van der Waals surface area contributed by atoms with Crippen LogP contribution in [0, 0.1) is 0 Å². The van der Waals surface area contributed by atoms with Crippen molar-refractivity contribution in [3.63, 3.8) is 0 Å². The van der Waals surface area contributed by atoms with Crippen LogP contribution in [0.25, 0.3) is 0 Å². The number of halogens is 2. The molecule has 0 aliphatic carbocycles. The minimum atomic E-state index is -2.07. The van der Waals surface area contributed by atoms with Crippen LogP contribution in [-0.4, -0.2) is 20.9 Å². The Morgan fingerprint density at radius 3 is 2.31 bits per heavy atom. The van der Waals surface area contributed by atoms with Crippen LogP contribution in [-0.2, 0) is 11.1 Å². The minimum Gasteiger partial charge on any atom is -1.00 e. The Labute approximate surface area is 129 Å². The van der Waals surface area contributed by atoms with Crippen molar-refractivity contribution in [3.8, 4) is 11.5 Å². The van der Waals surface area contributed by atoms with Crippen molar-refractivity contribution in [1.29, 1.82) is 0 Å². The van der Waals surface area contributed by atoms with E-state index >= 15 is 0 Å². The van der Waals surface area contributed by atoms with Crippen molar-refractivity contribution < 1.29 is 49.2 Å². The van der Waals surface area contributed by atoms with E-state index in [-0.39, 0.29) is 53.8 Å². The normalized spacial score (nSPS) is 11.4. The average molecular weight is 295 g/mol. The van der Waals surface area contributed by atoms with Crippen molar-refractivity contribution in [3.05, 3.63) is 18.2 Å². The van der Waals surface area contributed by atoms with Crippen molar-refractivity contribution in [2.45, 2.75) is 4.90 Å². The van der Waals surface area contributed by atoms with Gasteiger partial charge in [-0.05, 0) is 12.1 Å². The van der Waals surface area contributed by atoms with E-state index in [1.165, 1.54) is 18.2 Å². The largest absolute Gasteiger partial charge is 1.00 e. The third-order valence-corrected chi connectivity index (χ3v) is 2.41. The maximum Gasteiger partial charge on any atom is 1.00 e. The summed E-state index contributed by atoms with van der Waals surface area (Å²) in [5, 5.41) is 0. The molecule has 0 aliphatic heterocycles. The van der Waals surface area contributed by atoms with Gasteiger partial charge in [-0.15, -0.1) is 0 Å². The second-order valence-electron chi connectivity index (χ2n) is 2.36. The number of hydrogen-bond donors (Lipinski definition) is 1. The molecule has 0 spiro atoms. The Morgan fingerprint density at radius 2 is 1.81 bits per heavy atom. The predicted octanol–water partition coefficient (Wildman–Crippen LogP) is -0.466. The van der Waals surface area contributed by atoms with E-state index in [1.807, 2.05) is 0 Å². The van der Waals surface area contributed by atoms with Gasteiger partial charge in [-0.1, -0.05) is 23.2 Å². The molecule has 8 heteroatoms. The van der Waals surface area contributed by atoms with Crippen LogP contribution in [0.15, 0.2) is 23.1 Å². The Balaban J connectivity index is 0. The summed E-state index contributed by atoms with van der Waals surface area (Å²) in [4.78, 5) is 0.206.